The van der Waals surface area contributed by atoms with Gasteiger partial charge in [0.05, 0.1) is 12.2 Å². The molecule has 7 nitrogen and oxygen atoms in total. The average molecular weight is 396 g/mol. The summed E-state index contributed by atoms with van der Waals surface area (Å²) in [7, 11) is 2.02. The second-order valence-electron chi connectivity index (χ2n) is 8.26. The molecule has 1 aliphatic heterocycles. The van der Waals surface area contributed by atoms with Gasteiger partial charge >= 0.3 is 6.03 Å². The Kier molecular flexibility index (Phi) is 4.81. The fraction of sp³-hybridized carbons (Fsp3) is 0.545. The Hall–Kier alpha value is -2.70. The van der Waals surface area contributed by atoms with Gasteiger partial charge in [-0.1, -0.05) is 18.9 Å². The van der Waals surface area contributed by atoms with E-state index in [0.717, 1.165) is 48.4 Å². The van der Waals surface area contributed by atoms with Gasteiger partial charge in [0.15, 0.2) is 11.5 Å². The van der Waals surface area contributed by atoms with Crippen LogP contribution in [0.5, 0.6) is 11.5 Å². The van der Waals surface area contributed by atoms with E-state index in [1.807, 2.05) is 34.8 Å². The van der Waals surface area contributed by atoms with Gasteiger partial charge in [-0.3, -0.25) is 4.68 Å². The molecule has 2 aromatic rings. The molecule has 1 aromatic heterocycles. The van der Waals surface area contributed by atoms with Crippen LogP contribution in [0.1, 0.15) is 54.6 Å². The summed E-state index contributed by atoms with van der Waals surface area (Å²) >= 11 is 0. The molecule has 0 atom stereocenters. The van der Waals surface area contributed by atoms with Crippen LogP contribution in [0.4, 0.5) is 4.79 Å². The molecule has 1 saturated carbocycles. The number of hydrogen-bond donors (Lipinski definition) is 1. The van der Waals surface area contributed by atoms with Crippen molar-refractivity contribution in [2.45, 2.75) is 64.1 Å². The van der Waals surface area contributed by atoms with Crippen molar-refractivity contribution in [1.29, 1.82) is 0 Å². The van der Waals surface area contributed by atoms with Crippen LogP contribution in [0.2, 0.25) is 0 Å². The summed E-state index contributed by atoms with van der Waals surface area (Å²) in [5.74, 6) is 1.50. The summed E-state index contributed by atoms with van der Waals surface area (Å²) in [4.78, 5) is 15.2. The molecule has 0 spiro atoms. The molecule has 2 aliphatic carbocycles. The third-order valence-corrected chi connectivity index (χ3v) is 6.43. The first-order chi connectivity index (χ1) is 14.2. The minimum absolute atomic E-state index is 0.00744. The SMILES string of the molecule is Cn1nc(CN(C(=O)NCc2ccc3c(c2)OCO3)C2CCCC2)c2c1CCC2. The molecule has 154 valence electrons. The maximum Gasteiger partial charge on any atom is 0.318 e. The Labute approximate surface area is 171 Å². The van der Waals surface area contributed by atoms with Crippen molar-refractivity contribution >= 4 is 6.03 Å². The van der Waals surface area contributed by atoms with Gasteiger partial charge in [0.2, 0.25) is 6.79 Å². The first-order valence-corrected chi connectivity index (χ1v) is 10.7. The summed E-state index contributed by atoms with van der Waals surface area (Å²) < 4.78 is 12.8. The smallest absolute Gasteiger partial charge is 0.318 e. The van der Waals surface area contributed by atoms with Gasteiger partial charge in [0.1, 0.15) is 0 Å². The van der Waals surface area contributed by atoms with Crippen molar-refractivity contribution in [1.82, 2.24) is 20.0 Å². The minimum atomic E-state index is -0.00744. The number of amides is 2. The monoisotopic (exact) mass is 396 g/mol. The van der Waals surface area contributed by atoms with Crippen LogP contribution in [0, 0.1) is 0 Å². The van der Waals surface area contributed by atoms with E-state index in [2.05, 4.69) is 5.32 Å². The van der Waals surface area contributed by atoms with Gasteiger partial charge in [-0.2, -0.15) is 5.10 Å². The standard InChI is InChI=1S/C22H28N4O3/c1-25-19-8-4-7-17(19)18(24-25)13-26(16-5-2-3-6-16)22(27)23-12-15-9-10-20-21(11-15)29-14-28-20/h9-11,16H,2-8,12-14H2,1H3,(H,23,27). The molecule has 2 heterocycles. The van der Waals surface area contributed by atoms with Gasteiger partial charge in [-0.15, -0.1) is 0 Å². The molecule has 0 radical (unpaired) electrons. The van der Waals surface area contributed by atoms with Crippen LogP contribution in [-0.4, -0.2) is 33.5 Å². The number of urea groups is 1. The maximum absolute atomic E-state index is 13.2. The number of rotatable bonds is 5. The molecule has 3 aliphatic rings. The summed E-state index contributed by atoms with van der Waals surface area (Å²) in [5, 5.41) is 7.87. The lowest BCUT2D eigenvalue weighted by molar-refractivity contribution is 0.169. The first-order valence-electron chi connectivity index (χ1n) is 10.7. The van der Waals surface area contributed by atoms with E-state index in [0.29, 0.717) is 19.1 Å². The lowest BCUT2D eigenvalue weighted by atomic mass is 10.1. The van der Waals surface area contributed by atoms with Gasteiger partial charge in [0.25, 0.3) is 0 Å². The molecule has 2 amide bonds. The van der Waals surface area contributed by atoms with Gasteiger partial charge in [0, 0.05) is 25.3 Å². The van der Waals surface area contributed by atoms with E-state index in [-0.39, 0.29) is 12.8 Å². The van der Waals surface area contributed by atoms with Gasteiger partial charge < -0.3 is 19.7 Å². The van der Waals surface area contributed by atoms with E-state index in [4.69, 9.17) is 14.6 Å². The topological polar surface area (TPSA) is 68.6 Å². The number of ether oxygens (including phenoxy) is 2. The average Bonchev–Trinajstić information content (AvgIpc) is 3.51. The fourth-order valence-corrected chi connectivity index (χ4v) is 4.90. The summed E-state index contributed by atoms with van der Waals surface area (Å²) in [6.07, 6.45) is 7.90. The van der Waals surface area contributed by atoms with E-state index in [9.17, 15) is 4.79 Å². The number of fused-ring (bicyclic) bond motifs is 2. The van der Waals surface area contributed by atoms with Crippen molar-refractivity contribution in [3.8, 4) is 11.5 Å². The van der Waals surface area contributed by atoms with Crippen LogP contribution in [0.15, 0.2) is 18.2 Å². The molecule has 0 unspecified atom stereocenters. The Balaban J connectivity index is 1.30. The molecule has 1 aromatic carbocycles. The minimum Gasteiger partial charge on any atom is -0.454 e. The lowest BCUT2D eigenvalue weighted by Gasteiger charge is -2.29. The Bertz CT molecular complexity index is 917. The molecule has 7 heteroatoms. The number of hydrogen-bond acceptors (Lipinski definition) is 4. The number of benzene rings is 1. The summed E-state index contributed by atoms with van der Waals surface area (Å²) in [6.45, 7) is 1.33. The predicted molar refractivity (Wildman–Crippen MR) is 108 cm³/mol. The van der Waals surface area contributed by atoms with E-state index in [1.165, 1.54) is 30.5 Å². The molecular formula is C22H28N4O3. The second kappa shape index (κ2) is 7.61. The van der Waals surface area contributed by atoms with Crippen molar-refractivity contribution in [2.75, 3.05) is 6.79 Å². The zero-order valence-electron chi connectivity index (χ0n) is 16.9. The van der Waals surface area contributed by atoms with Crippen molar-refractivity contribution in [3.05, 3.63) is 40.7 Å². The van der Waals surface area contributed by atoms with E-state index < -0.39 is 0 Å². The number of carbonyl (C=O) groups excluding carboxylic acids is 1. The predicted octanol–water partition coefficient (Wildman–Crippen LogP) is 3.29. The van der Waals surface area contributed by atoms with Gasteiger partial charge in [-0.05, 0) is 55.4 Å². The number of carbonyl (C=O) groups is 1. The fourth-order valence-electron chi connectivity index (χ4n) is 4.90. The second-order valence-corrected chi connectivity index (χ2v) is 8.26. The lowest BCUT2D eigenvalue weighted by Crippen LogP contribution is -2.44. The number of aryl methyl sites for hydroxylation is 1. The molecule has 29 heavy (non-hydrogen) atoms. The third kappa shape index (κ3) is 3.54. The Morgan fingerprint density at radius 2 is 2.03 bits per heavy atom. The van der Waals surface area contributed by atoms with Crippen molar-refractivity contribution < 1.29 is 14.3 Å². The van der Waals surface area contributed by atoms with E-state index >= 15 is 0 Å². The summed E-state index contributed by atoms with van der Waals surface area (Å²) in [5.41, 5.74) is 4.78. The van der Waals surface area contributed by atoms with Crippen LogP contribution < -0.4 is 14.8 Å². The van der Waals surface area contributed by atoms with Gasteiger partial charge in [-0.25, -0.2) is 4.79 Å². The highest BCUT2D eigenvalue weighted by molar-refractivity contribution is 5.74. The molecule has 1 fully saturated rings. The van der Waals surface area contributed by atoms with E-state index in [1.54, 1.807) is 0 Å². The molecule has 5 rings (SSSR count). The molecule has 0 bridgehead atoms. The molecule has 0 saturated heterocycles. The Morgan fingerprint density at radius 1 is 1.21 bits per heavy atom. The first kappa shape index (κ1) is 18.3. The third-order valence-electron chi connectivity index (χ3n) is 6.43. The van der Waals surface area contributed by atoms with Crippen molar-refractivity contribution in [2.24, 2.45) is 7.05 Å². The normalized spacial score (nSPS) is 17.6. The largest absolute Gasteiger partial charge is 0.454 e. The number of nitrogens with one attached hydrogen (secondary N) is 1. The van der Waals surface area contributed by atoms with Crippen LogP contribution in [0.25, 0.3) is 0 Å². The zero-order chi connectivity index (χ0) is 19.8. The molecule has 1 N–H and O–H groups in total. The number of nitrogens with zero attached hydrogens (tertiary/aromatic N) is 3. The highest BCUT2D eigenvalue weighted by Gasteiger charge is 2.30. The van der Waals surface area contributed by atoms with Crippen LogP contribution in [-0.2, 0) is 33.0 Å². The Morgan fingerprint density at radius 3 is 2.90 bits per heavy atom. The van der Waals surface area contributed by atoms with Crippen LogP contribution >= 0.6 is 0 Å². The maximum atomic E-state index is 13.2. The van der Waals surface area contributed by atoms with Crippen molar-refractivity contribution in [3.63, 3.8) is 0 Å². The van der Waals surface area contributed by atoms with Crippen LogP contribution in [0.3, 0.4) is 0 Å². The zero-order valence-corrected chi connectivity index (χ0v) is 16.9. The highest BCUT2D eigenvalue weighted by Crippen LogP contribution is 2.33. The highest BCUT2D eigenvalue weighted by atomic mass is 16.7. The quantitative estimate of drug-likeness (QED) is 0.842. The number of aromatic nitrogens is 2. The molecular weight excluding hydrogens is 368 g/mol. The summed E-state index contributed by atoms with van der Waals surface area (Å²) in [6, 6.07) is 6.10.